The summed E-state index contributed by atoms with van der Waals surface area (Å²) in [4.78, 5) is 25.5. The molecule has 132 valence electrons. The number of carbonyl (C=O) groups is 2. The summed E-state index contributed by atoms with van der Waals surface area (Å²) in [6.07, 6.45) is 0. The number of hydrogen-bond donors (Lipinski definition) is 1. The number of nitrogens with zero attached hydrogens (tertiary/aromatic N) is 1. The fraction of sp³-hybridized carbons (Fsp3) is 0.176. The van der Waals surface area contributed by atoms with Gasteiger partial charge in [-0.1, -0.05) is 6.07 Å². The monoisotopic (exact) mass is 368 g/mol. The zero-order valence-corrected chi connectivity index (χ0v) is 14.2. The highest BCUT2D eigenvalue weighted by molar-refractivity contribution is 8.00. The summed E-state index contributed by atoms with van der Waals surface area (Å²) < 4.78 is 36.9. The van der Waals surface area contributed by atoms with Crippen LogP contribution in [0.25, 0.3) is 0 Å². The van der Waals surface area contributed by atoms with Gasteiger partial charge in [0.15, 0.2) is 0 Å². The number of carbonyl (C=O) groups excluding carboxylic acids is 2. The molecular formula is C17H15F3N2O2S. The summed E-state index contributed by atoms with van der Waals surface area (Å²) in [6, 6.07) is 11.5. The molecule has 1 N–H and O–H groups in total. The molecule has 2 aromatic rings. The maximum absolute atomic E-state index is 12.3. The third kappa shape index (κ3) is 5.53. The van der Waals surface area contributed by atoms with Crippen molar-refractivity contribution < 1.29 is 22.8 Å². The van der Waals surface area contributed by atoms with E-state index in [0.29, 0.717) is 11.3 Å². The van der Waals surface area contributed by atoms with Crippen LogP contribution in [0.3, 0.4) is 0 Å². The molecule has 0 aromatic heterocycles. The predicted octanol–water partition coefficient (Wildman–Crippen LogP) is 4.25. The van der Waals surface area contributed by atoms with Gasteiger partial charge in [0, 0.05) is 35.8 Å². The van der Waals surface area contributed by atoms with Gasteiger partial charge >= 0.3 is 5.51 Å². The van der Waals surface area contributed by atoms with Crippen molar-refractivity contribution in [2.75, 3.05) is 19.4 Å². The normalized spacial score (nSPS) is 11.1. The van der Waals surface area contributed by atoms with E-state index >= 15 is 0 Å². The average Bonchev–Trinajstić information content (AvgIpc) is 2.53. The van der Waals surface area contributed by atoms with Crippen LogP contribution in [0.1, 0.15) is 20.7 Å². The van der Waals surface area contributed by atoms with E-state index < -0.39 is 11.4 Å². The van der Waals surface area contributed by atoms with E-state index in [2.05, 4.69) is 5.32 Å². The summed E-state index contributed by atoms with van der Waals surface area (Å²) in [5.74, 6) is -0.678. The number of hydrogen-bond acceptors (Lipinski definition) is 3. The highest BCUT2D eigenvalue weighted by Crippen LogP contribution is 2.36. The predicted molar refractivity (Wildman–Crippen MR) is 90.8 cm³/mol. The van der Waals surface area contributed by atoms with Crippen molar-refractivity contribution in [2.45, 2.75) is 10.4 Å². The Labute approximate surface area is 147 Å². The summed E-state index contributed by atoms with van der Waals surface area (Å²) in [7, 11) is 3.24. The van der Waals surface area contributed by atoms with Gasteiger partial charge in [-0.15, -0.1) is 0 Å². The van der Waals surface area contributed by atoms with E-state index in [1.165, 1.54) is 35.2 Å². The van der Waals surface area contributed by atoms with Gasteiger partial charge in [-0.2, -0.15) is 13.2 Å². The van der Waals surface area contributed by atoms with Gasteiger partial charge in [-0.05, 0) is 54.2 Å². The minimum atomic E-state index is -4.37. The fourth-order valence-electron chi connectivity index (χ4n) is 2.00. The maximum atomic E-state index is 12.3. The first-order valence-electron chi connectivity index (χ1n) is 7.14. The van der Waals surface area contributed by atoms with E-state index in [-0.39, 0.29) is 28.1 Å². The second kappa shape index (κ2) is 7.60. The molecule has 0 unspecified atom stereocenters. The highest BCUT2D eigenvalue weighted by atomic mass is 32.2. The van der Waals surface area contributed by atoms with Crippen molar-refractivity contribution in [3.8, 4) is 0 Å². The van der Waals surface area contributed by atoms with Crippen LogP contribution < -0.4 is 5.32 Å². The number of amides is 2. The van der Waals surface area contributed by atoms with Gasteiger partial charge in [0.25, 0.3) is 11.8 Å². The van der Waals surface area contributed by atoms with Gasteiger partial charge in [0.05, 0.1) is 0 Å². The molecule has 0 radical (unpaired) electrons. The van der Waals surface area contributed by atoms with Gasteiger partial charge in [0.2, 0.25) is 0 Å². The van der Waals surface area contributed by atoms with E-state index in [4.69, 9.17) is 0 Å². The van der Waals surface area contributed by atoms with Gasteiger partial charge in [-0.3, -0.25) is 9.59 Å². The molecule has 2 rings (SSSR count). The number of nitrogens with one attached hydrogen (secondary N) is 1. The lowest BCUT2D eigenvalue weighted by Crippen LogP contribution is -2.21. The molecular weight excluding hydrogens is 353 g/mol. The molecule has 25 heavy (non-hydrogen) atoms. The van der Waals surface area contributed by atoms with Crippen LogP contribution in [-0.2, 0) is 0 Å². The first-order valence-corrected chi connectivity index (χ1v) is 7.96. The maximum Gasteiger partial charge on any atom is 0.446 e. The van der Waals surface area contributed by atoms with Crippen LogP contribution in [0, 0.1) is 0 Å². The lowest BCUT2D eigenvalue weighted by atomic mass is 10.1. The van der Waals surface area contributed by atoms with E-state index in [0.717, 1.165) is 0 Å². The summed E-state index contributed by atoms with van der Waals surface area (Å²) in [5.41, 5.74) is -3.31. The second-order valence-corrected chi connectivity index (χ2v) is 6.45. The number of thioether (sulfide) groups is 1. The lowest BCUT2D eigenvalue weighted by molar-refractivity contribution is -0.0328. The topological polar surface area (TPSA) is 49.4 Å². The van der Waals surface area contributed by atoms with Crippen LogP contribution in [0.15, 0.2) is 53.4 Å². The number of halogens is 3. The average molecular weight is 368 g/mol. The standard InChI is InChI=1S/C17H15F3N2O2S/c1-22(2)16(24)12-4-3-5-13(10-12)21-15(23)11-6-8-14(9-7-11)25-17(18,19)20/h3-10H,1-2H3,(H,21,23). The first-order chi connectivity index (χ1) is 11.7. The Morgan fingerprint density at radius 3 is 2.20 bits per heavy atom. The van der Waals surface area contributed by atoms with Crippen LogP contribution >= 0.6 is 11.8 Å². The smallest absolute Gasteiger partial charge is 0.345 e. The molecule has 0 saturated carbocycles. The fourth-order valence-corrected chi connectivity index (χ4v) is 2.54. The molecule has 2 amide bonds. The molecule has 0 aliphatic rings. The minimum Gasteiger partial charge on any atom is -0.345 e. The van der Waals surface area contributed by atoms with Crippen molar-refractivity contribution in [3.05, 3.63) is 59.7 Å². The molecule has 2 aromatic carbocycles. The van der Waals surface area contributed by atoms with Crippen molar-refractivity contribution in [1.29, 1.82) is 0 Å². The number of alkyl halides is 3. The van der Waals surface area contributed by atoms with Crippen LogP contribution in [-0.4, -0.2) is 36.3 Å². The first kappa shape index (κ1) is 18.9. The zero-order chi connectivity index (χ0) is 18.6. The Morgan fingerprint density at radius 2 is 1.64 bits per heavy atom. The van der Waals surface area contributed by atoms with Crippen molar-refractivity contribution in [3.63, 3.8) is 0 Å². The number of rotatable bonds is 4. The van der Waals surface area contributed by atoms with Gasteiger partial charge in [-0.25, -0.2) is 0 Å². The zero-order valence-electron chi connectivity index (χ0n) is 13.4. The molecule has 0 fully saturated rings. The largest absolute Gasteiger partial charge is 0.446 e. The summed E-state index contributed by atoms with van der Waals surface area (Å²) in [5, 5.41) is 2.62. The third-order valence-corrected chi connectivity index (χ3v) is 3.86. The molecule has 0 saturated heterocycles. The Morgan fingerprint density at radius 1 is 1.00 bits per heavy atom. The van der Waals surface area contributed by atoms with Crippen LogP contribution in [0.4, 0.5) is 18.9 Å². The van der Waals surface area contributed by atoms with Crippen molar-refractivity contribution in [2.24, 2.45) is 0 Å². The summed E-state index contributed by atoms with van der Waals surface area (Å²) in [6.45, 7) is 0. The minimum absolute atomic E-state index is 0.00243. The molecule has 0 spiro atoms. The van der Waals surface area contributed by atoms with Crippen molar-refractivity contribution in [1.82, 2.24) is 4.90 Å². The molecule has 0 aliphatic heterocycles. The highest BCUT2D eigenvalue weighted by Gasteiger charge is 2.29. The van der Waals surface area contributed by atoms with Gasteiger partial charge in [0.1, 0.15) is 0 Å². The van der Waals surface area contributed by atoms with Crippen LogP contribution in [0.2, 0.25) is 0 Å². The number of benzene rings is 2. The third-order valence-electron chi connectivity index (χ3n) is 3.12. The molecule has 0 heterocycles. The summed E-state index contributed by atoms with van der Waals surface area (Å²) >= 11 is -0.241. The molecule has 8 heteroatoms. The van der Waals surface area contributed by atoms with Gasteiger partial charge < -0.3 is 10.2 Å². The Hall–Kier alpha value is -2.48. The SMILES string of the molecule is CN(C)C(=O)c1cccc(NC(=O)c2ccc(SC(F)(F)F)cc2)c1. The Balaban J connectivity index is 2.09. The molecule has 0 aliphatic carbocycles. The van der Waals surface area contributed by atoms with Crippen molar-refractivity contribution >= 4 is 29.3 Å². The number of anilines is 1. The molecule has 0 atom stereocenters. The molecule has 4 nitrogen and oxygen atoms in total. The Kier molecular flexibility index (Phi) is 5.73. The molecule has 0 bridgehead atoms. The second-order valence-electron chi connectivity index (χ2n) is 5.31. The van der Waals surface area contributed by atoms with Crippen LogP contribution in [0.5, 0.6) is 0 Å². The quantitative estimate of drug-likeness (QED) is 0.821. The Bertz CT molecular complexity index is 774. The van der Waals surface area contributed by atoms with E-state index in [1.807, 2.05) is 0 Å². The lowest BCUT2D eigenvalue weighted by Gasteiger charge is -2.12. The van der Waals surface area contributed by atoms with E-state index in [9.17, 15) is 22.8 Å². The van der Waals surface area contributed by atoms with E-state index in [1.54, 1.807) is 32.3 Å².